The second-order valence-electron chi connectivity index (χ2n) is 6.11. The molecule has 3 unspecified atom stereocenters. The first-order valence-corrected chi connectivity index (χ1v) is 9.62. The van der Waals surface area contributed by atoms with Gasteiger partial charge in [0.1, 0.15) is 11.9 Å². The highest BCUT2D eigenvalue weighted by atomic mass is 32.2. The van der Waals surface area contributed by atoms with Gasteiger partial charge in [0.25, 0.3) is 10.1 Å². The van der Waals surface area contributed by atoms with E-state index in [0.29, 0.717) is 36.1 Å². The standard InChI is InChI=1S/C17H20O6S/c1-21-15-6-4-3-5-12(15)14-10-22-16-9-11(23-24(2,19)20)7-8-13(16)17(14)18/h3-6,10-11,13,16H,7-9H2,1-2H3. The van der Waals surface area contributed by atoms with Crippen LogP contribution in [0, 0.1) is 5.92 Å². The van der Waals surface area contributed by atoms with Crippen molar-refractivity contribution in [2.45, 2.75) is 31.5 Å². The van der Waals surface area contributed by atoms with E-state index in [0.717, 1.165) is 6.26 Å². The summed E-state index contributed by atoms with van der Waals surface area (Å²) in [6, 6.07) is 7.31. The van der Waals surface area contributed by atoms with Gasteiger partial charge < -0.3 is 9.47 Å². The van der Waals surface area contributed by atoms with Gasteiger partial charge >= 0.3 is 0 Å². The van der Waals surface area contributed by atoms with Crippen molar-refractivity contribution < 1.29 is 26.9 Å². The molecule has 3 rings (SSSR count). The number of carbonyl (C=O) groups excluding carboxylic acids is 1. The first kappa shape index (κ1) is 17.0. The maximum absolute atomic E-state index is 12.9. The van der Waals surface area contributed by atoms with Gasteiger partial charge in [0, 0.05) is 12.0 Å². The number of fused-ring (bicyclic) bond motifs is 1. The van der Waals surface area contributed by atoms with E-state index >= 15 is 0 Å². The Morgan fingerprint density at radius 1 is 1.21 bits per heavy atom. The molecular formula is C17H20O6S. The van der Waals surface area contributed by atoms with Gasteiger partial charge in [0.2, 0.25) is 0 Å². The maximum Gasteiger partial charge on any atom is 0.264 e. The van der Waals surface area contributed by atoms with Crippen LogP contribution in [0.4, 0.5) is 0 Å². The predicted molar refractivity (Wildman–Crippen MR) is 87.9 cm³/mol. The summed E-state index contributed by atoms with van der Waals surface area (Å²) in [5.74, 6) is 0.344. The quantitative estimate of drug-likeness (QED) is 0.773. The summed E-state index contributed by atoms with van der Waals surface area (Å²) in [5.41, 5.74) is 1.20. The summed E-state index contributed by atoms with van der Waals surface area (Å²) in [4.78, 5) is 12.9. The van der Waals surface area contributed by atoms with Gasteiger partial charge in [-0.3, -0.25) is 8.98 Å². The lowest BCUT2D eigenvalue weighted by molar-refractivity contribution is -0.126. The van der Waals surface area contributed by atoms with Gasteiger partial charge in [-0.05, 0) is 18.9 Å². The van der Waals surface area contributed by atoms with Gasteiger partial charge in [-0.1, -0.05) is 18.2 Å². The minimum atomic E-state index is -3.51. The van der Waals surface area contributed by atoms with Crippen LogP contribution in [-0.2, 0) is 23.8 Å². The van der Waals surface area contributed by atoms with E-state index in [1.807, 2.05) is 18.2 Å². The van der Waals surface area contributed by atoms with E-state index < -0.39 is 16.2 Å². The van der Waals surface area contributed by atoms with Crippen LogP contribution in [0.5, 0.6) is 5.75 Å². The predicted octanol–water partition coefficient (Wildman–Crippen LogP) is 2.15. The van der Waals surface area contributed by atoms with Crippen molar-refractivity contribution in [3.63, 3.8) is 0 Å². The third-order valence-electron chi connectivity index (χ3n) is 4.41. The zero-order chi connectivity index (χ0) is 17.3. The fraction of sp³-hybridized carbons (Fsp3) is 0.471. The minimum Gasteiger partial charge on any atom is -0.496 e. The molecule has 1 saturated carbocycles. The smallest absolute Gasteiger partial charge is 0.264 e. The molecule has 24 heavy (non-hydrogen) atoms. The molecule has 6 nitrogen and oxygen atoms in total. The highest BCUT2D eigenvalue weighted by Crippen LogP contribution is 2.39. The van der Waals surface area contributed by atoms with E-state index in [9.17, 15) is 13.2 Å². The zero-order valence-electron chi connectivity index (χ0n) is 13.6. The van der Waals surface area contributed by atoms with E-state index in [2.05, 4.69) is 0 Å². The van der Waals surface area contributed by atoms with E-state index in [4.69, 9.17) is 13.7 Å². The third-order valence-corrected chi connectivity index (χ3v) is 5.04. The number of ketones is 1. The number of rotatable bonds is 4. The van der Waals surface area contributed by atoms with Gasteiger partial charge in [-0.25, -0.2) is 0 Å². The van der Waals surface area contributed by atoms with Crippen molar-refractivity contribution in [1.82, 2.24) is 0 Å². The molecule has 0 N–H and O–H groups in total. The summed E-state index contributed by atoms with van der Waals surface area (Å²) >= 11 is 0. The SMILES string of the molecule is COc1ccccc1C1=COC2CC(OS(C)(=O)=O)CCC2C1=O. The van der Waals surface area contributed by atoms with Gasteiger partial charge in [0.15, 0.2) is 5.78 Å². The largest absolute Gasteiger partial charge is 0.496 e. The van der Waals surface area contributed by atoms with E-state index in [1.165, 1.54) is 6.26 Å². The Morgan fingerprint density at radius 3 is 2.67 bits per heavy atom. The summed E-state index contributed by atoms with van der Waals surface area (Å²) in [5, 5.41) is 0. The summed E-state index contributed by atoms with van der Waals surface area (Å²) in [6.07, 6.45) is 3.15. The molecule has 0 amide bonds. The first-order valence-electron chi connectivity index (χ1n) is 7.80. The van der Waals surface area contributed by atoms with Crippen LogP contribution in [-0.4, -0.2) is 39.8 Å². The van der Waals surface area contributed by atoms with Gasteiger partial charge in [-0.15, -0.1) is 0 Å². The van der Waals surface area contributed by atoms with Crippen molar-refractivity contribution in [1.29, 1.82) is 0 Å². The number of hydrogen-bond acceptors (Lipinski definition) is 6. The molecule has 1 aliphatic carbocycles. The summed E-state index contributed by atoms with van der Waals surface area (Å²) in [6.45, 7) is 0. The highest BCUT2D eigenvalue weighted by Gasteiger charge is 2.41. The molecule has 0 aromatic heterocycles. The number of Topliss-reactive ketones (excluding diaryl/α,β-unsaturated/α-hetero) is 1. The Bertz CT molecular complexity index is 767. The normalized spacial score (nSPS) is 27.0. The summed E-state index contributed by atoms with van der Waals surface area (Å²) < 4.78 is 38.7. The minimum absolute atomic E-state index is 0.00792. The molecular weight excluding hydrogens is 332 g/mol. The molecule has 0 spiro atoms. The Balaban J connectivity index is 1.81. The number of para-hydroxylation sites is 1. The molecule has 0 radical (unpaired) electrons. The molecule has 7 heteroatoms. The fourth-order valence-corrected chi connectivity index (χ4v) is 4.02. The maximum atomic E-state index is 12.9. The second kappa shape index (κ2) is 6.57. The average Bonchev–Trinajstić information content (AvgIpc) is 2.53. The molecule has 2 aliphatic rings. The third kappa shape index (κ3) is 3.47. The second-order valence-corrected chi connectivity index (χ2v) is 7.71. The van der Waals surface area contributed by atoms with E-state index in [-0.39, 0.29) is 17.8 Å². The highest BCUT2D eigenvalue weighted by molar-refractivity contribution is 7.86. The number of hydrogen-bond donors (Lipinski definition) is 0. The average molecular weight is 352 g/mol. The number of ether oxygens (including phenoxy) is 2. The molecule has 1 fully saturated rings. The fourth-order valence-electron chi connectivity index (χ4n) is 3.35. The number of carbonyl (C=O) groups is 1. The number of benzene rings is 1. The van der Waals surface area contributed by atoms with Crippen LogP contribution in [0.1, 0.15) is 24.8 Å². The Labute approximate surface area is 141 Å². The number of methoxy groups -OCH3 is 1. The Hall–Kier alpha value is -1.86. The zero-order valence-corrected chi connectivity index (χ0v) is 14.4. The van der Waals surface area contributed by atoms with Crippen LogP contribution in [0.25, 0.3) is 5.57 Å². The van der Waals surface area contributed by atoms with Crippen molar-refractivity contribution in [3.8, 4) is 5.75 Å². The number of allylic oxidation sites excluding steroid dienone is 1. The van der Waals surface area contributed by atoms with Crippen molar-refractivity contribution in [2.75, 3.05) is 13.4 Å². The molecule has 1 aromatic carbocycles. The lowest BCUT2D eigenvalue weighted by Gasteiger charge is -2.37. The van der Waals surface area contributed by atoms with Crippen LogP contribution in [0.2, 0.25) is 0 Å². The Kier molecular flexibility index (Phi) is 4.64. The van der Waals surface area contributed by atoms with Crippen LogP contribution >= 0.6 is 0 Å². The Morgan fingerprint density at radius 2 is 1.96 bits per heavy atom. The topological polar surface area (TPSA) is 78.9 Å². The van der Waals surface area contributed by atoms with Gasteiger partial charge in [-0.2, -0.15) is 8.42 Å². The van der Waals surface area contributed by atoms with Crippen molar-refractivity contribution in [3.05, 3.63) is 36.1 Å². The molecule has 0 saturated heterocycles. The molecule has 1 heterocycles. The monoisotopic (exact) mass is 352 g/mol. The van der Waals surface area contributed by atoms with E-state index in [1.54, 1.807) is 13.2 Å². The molecule has 1 aromatic rings. The van der Waals surface area contributed by atoms with Crippen molar-refractivity contribution >= 4 is 21.5 Å². The molecule has 1 aliphatic heterocycles. The molecule has 0 bridgehead atoms. The lowest BCUT2D eigenvalue weighted by Crippen LogP contribution is -2.41. The molecule has 3 atom stereocenters. The van der Waals surface area contributed by atoms with Crippen LogP contribution < -0.4 is 4.74 Å². The van der Waals surface area contributed by atoms with Gasteiger partial charge in [0.05, 0.1) is 37.2 Å². The van der Waals surface area contributed by atoms with Crippen molar-refractivity contribution in [2.24, 2.45) is 5.92 Å². The lowest BCUT2D eigenvalue weighted by atomic mass is 9.78. The van der Waals surface area contributed by atoms with Crippen LogP contribution in [0.15, 0.2) is 30.5 Å². The molecule has 130 valence electrons. The first-order chi connectivity index (χ1) is 11.4. The van der Waals surface area contributed by atoms with Crippen LogP contribution in [0.3, 0.4) is 0 Å². The summed E-state index contributed by atoms with van der Waals surface area (Å²) in [7, 11) is -1.95.